The zero-order chi connectivity index (χ0) is 12.4. The fraction of sp³-hybridized carbons (Fsp3) is 0.167. The molecule has 0 aliphatic carbocycles. The van der Waals surface area contributed by atoms with Gasteiger partial charge in [-0.25, -0.2) is 4.79 Å². The second-order valence-corrected chi connectivity index (χ2v) is 3.54. The van der Waals surface area contributed by atoms with Crippen molar-refractivity contribution in [1.29, 1.82) is 0 Å². The van der Waals surface area contributed by atoms with Crippen molar-refractivity contribution in [2.75, 3.05) is 12.3 Å². The summed E-state index contributed by atoms with van der Waals surface area (Å²) in [4.78, 5) is 26.1. The molecule has 1 aromatic carbocycles. The summed E-state index contributed by atoms with van der Waals surface area (Å²) in [6, 6.07) is 6.23. The van der Waals surface area contributed by atoms with Gasteiger partial charge < -0.3 is 15.5 Å². The third-order valence-corrected chi connectivity index (χ3v) is 2.39. The first-order chi connectivity index (χ1) is 8.13. The van der Waals surface area contributed by atoms with Crippen LogP contribution in [-0.4, -0.2) is 17.6 Å². The molecule has 3 N–H and O–H groups in total. The number of ether oxygens (including phenoxy) is 1. The van der Waals surface area contributed by atoms with Gasteiger partial charge in [-0.05, 0) is 19.1 Å². The Kier molecular flexibility index (Phi) is 2.82. The molecule has 1 aromatic heterocycles. The topological polar surface area (TPSA) is 85.2 Å². The van der Waals surface area contributed by atoms with Crippen molar-refractivity contribution in [1.82, 2.24) is 4.98 Å². The first-order valence-electron chi connectivity index (χ1n) is 5.22. The molecule has 0 fully saturated rings. The van der Waals surface area contributed by atoms with Gasteiger partial charge in [-0.3, -0.25) is 4.79 Å². The maximum atomic E-state index is 11.8. The number of nitrogens with one attached hydrogen (secondary N) is 1. The van der Waals surface area contributed by atoms with E-state index in [2.05, 4.69) is 4.98 Å². The van der Waals surface area contributed by atoms with Crippen LogP contribution in [0.4, 0.5) is 5.69 Å². The Hall–Kier alpha value is -2.30. The molecular weight excluding hydrogens is 220 g/mol. The largest absolute Gasteiger partial charge is 0.461 e. The van der Waals surface area contributed by atoms with Crippen molar-refractivity contribution in [2.45, 2.75) is 6.92 Å². The summed E-state index contributed by atoms with van der Waals surface area (Å²) in [5.41, 5.74) is 6.49. The Morgan fingerprint density at radius 3 is 2.94 bits per heavy atom. The standard InChI is InChI=1S/C12H12N2O3/c1-2-17-12(16)9-6-10(15)7-4-3-5-8(13)11(7)14-9/h3-6H,2,13H2,1H3,(H,14,15). The highest BCUT2D eigenvalue weighted by atomic mass is 16.5. The van der Waals surface area contributed by atoms with E-state index in [9.17, 15) is 9.59 Å². The summed E-state index contributed by atoms with van der Waals surface area (Å²) in [5, 5.41) is 0.457. The highest BCUT2D eigenvalue weighted by molar-refractivity contribution is 5.94. The third-order valence-electron chi connectivity index (χ3n) is 2.39. The number of carbonyl (C=O) groups excluding carboxylic acids is 1. The maximum Gasteiger partial charge on any atom is 0.354 e. The quantitative estimate of drug-likeness (QED) is 0.603. The molecule has 2 rings (SSSR count). The number of para-hydroxylation sites is 1. The number of pyridine rings is 1. The number of carbonyl (C=O) groups is 1. The fourth-order valence-corrected chi connectivity index (χ4v) is 1.61. The van der Waals surface area contributed by atoms with Gasteiger partial charge in [0.25, 0.3) is 0 Å². The minimum atomic E-state index is -0.560. The number of H-pyrrole nitrogens is 1. The van der Waals surface area contributed by atoms with Crippen LogP contribution in [0.15, 0.2) is 29.1 Å². The van der Waals surface area contributed by atoms with Crippen LogP contribution in [0.5, 0.6) is 0 Å². The van der Waals surface area contributed by atoms with Crippen LogP contribution < -0.4 is 11.2 Å². The zero-order valence-electron chi connectivity index (χ0n) is 9.32. The molecule has 0 atom stereocenters. The molecule has 0 radical (unpaired) electrons. The van der Waals surface area contributed by atoms with Crippen LogP contribution >= 0.6 is 0 Å². The molecule has 0 unspecified atom stereocenters. The minimum absolute atomic E-state index is 0.113. The van der Waals surface area contributed by atoms with Crippen molar-refractivity contribution < 1.29 is 9.53 Å². The van der Waals surface area contributed by atoms with Gasteiger partial charge >= 0.3 is 5.97 Å². The van der Waals surface area contributed by atoms with Crippen molar-refractivity contribution in [2.24, 2.45) is 0 Å². The number of rotatable bonds is 2. The lowest BCUT2D eigenvalue weighted by molar-refractivity contribution is 0.0520. The predicted octanol–water partition coefficient (Wildman–Crippen LogP) is 1.29. The van der Waals surface area contributed by atoms with Gasteiger partial charge in [0, 0.05) is 11.5 Å². The van der Waals surface area contributed by atoms with E-state index in [1.54, 1.807) is 25.1 Å². The third kappa shape index (κ3) is 1.99. The van der Waals surface area contributed by atoms with E-state index in [1.165, 1.54) is 6.07 Å². The van der Waals surface area contributed by atoms with E-state index in [4.69, 9.17) is 10.5 Å². The van der Waals surface area contributed by atoms with E-state index in [1.807, 2.05) is 0 Å². The number of hydrogen-bond acceptors (Lipinski definition) is 4. The molecule has 17 heavy (non-hydrogen) atoms. The molecule has 0 bridgehead atoms. The van der Waals surface area contributed by atoms with E-state index < -0.39 is 5.97 Å². The van der Waals surface area contributed by atoms with E-state index in [-0.39, 0.29) is 17.7 Å². The van der Waals surface area contributed by atoms with Crippen LogP contribution in [0, 0.1) is 0 Å². The molecule has 0 amide bonds. The van der Waals surface area contributed by atoms with Crippen LogP contribution in [0.2, 0.25) is 0 Å². The smallest absolute Gasteiger partial charge is 0.354 e. The van der Waals surface area contributed by atoms with Gasteiger partial charge in [0.15, 0.2) is 5.43 Å². The summed E-state index contributed by atoms with van der Waals surface area (Å²) in [6.45, 7) is 1.95. The highest BCUT2D eigenvalue weighted by Crippen LogP contribution is 2.15. The number of benzene rings is 1. The Balaban J connectivity index is 2.66. The molecule has 0 saturated heterocycles. The lowest BCUT2D eigenvalue weighted by Crippen LogP contribution is -2.13. The number of aromatic nitrogens is 1. The molecule has 88 valence electrons. The van der Waals surface area contributed by atoms with Gasteiger partial charge in [0.1, 0.15) is 5.69 Å². The first kappa shape index (κ1) is 11.2. The van der Waals surface area contributed by atoms with Crippen molar-refractivity contribution in [3.63, 3.8) is 0 Å². The number of esters is 1. The van der Waals surface area contributed by atoms with E-state index >= 15 is 0 Å². The lowest BCUT2D eigenvalue weighted by atomic mass is 10.1. The normalized spacial score (nSPS) is 10.4. The average Bonchev–Trinajstić information content (AvgIpc) is 2.30. The summed E-state index contributed by atoms with van der Waals surface area (Å²) >= 11 is 0. The van der Waals surface area contributed by atoms with Gasteiger partial charge in [0.05, 0.1) is 17.8 Å². The van der Waals surface area contributed by atoms with Gasteiger partial charge in [-0.15, -0.1) is 0 Å². The Bertz CT molecular complexity index is 631. The van der Waals surface area contributed by atoms with Gasteiger partial charge in [-0.2, -0.15) is 0 Å². The zero-order valence-corrected chi connectivity index (χ0v) is 9.32. The molecule has 0 aliphatic rings. The van der Waals surface area contributed by atoms with Gasteiger partial charge in [0.2, 0.25) is 0 Å². The van der Waals surface area contributed by atoms with Crippen LogP contribution in [-0.2, 0) is 4.74 Å². The Labute approximate surface area is 97.2 Å². The first-order valence-corrected chi connectivity index (χ1v) is 5.22. The monoisotopic (exact) mass is 232 g/mol. The minimum Gasteiger partial charge on any atom is -0.461 e. The molecule has 0 saturated carbocycles. The SMILES string of the molecule is CCOC(=O)c1cc(=O)c2cccc(N)c2[nH]1. The number of nitrogen functional groups attached to an aromatic ring is 1. The molecule has 1 heterocycles. The molecule has 5 heteroatoms. The van der Waals surface area contributed by atoms with Crippen LogP contribution in [0.1, 0.15) is 17.4 Å². The van der Waals surface area contributed by atoms with E-state index in [0.717, 1.165) is 0 Å². The van der Waals surface area contributed by atoms with Gasteiger partial charge in [-0.1, -0.05) is 6.07 Å². The average molecular weight is 232 g/mol. The summed E-state index contributed by atoms with van der Waals surface area (Å²) in [7, 11) is 0. The van der Waals surface area contributed by atoms with Crippen LogP contribution in [0.3, 0.4) is 0 Å². The molecule has 2 aromatic rings. The number of fused-ring (bicyclic) bond motifs is 1. The number of aromatic amines is 1. The lowest BCUT2D eigenvalue weighted by Gasteiger charge is -2.05. The van der Waals surface area contributed by atoms with E-state index in [0.29, 0.717) is 16.6 Å². The van der Waals surface area contributed by atoms with Crippen LogP contribution in [0.25, 0.3) is 10.9 Å². The Morgan fingerprint density at radius 2 is 2.24 bits per heavy atom. The molecule has 5 nitrogen and oxygen atoms in total. The number of hydrogen-bond donors (Lipinski definition) is 2. The summed E-state index contributed by atoms with van der Waals surface area (Å²) < 4.78 is 4.82. The van der Waals surface area contributed by atoms with Crippen molar-refractivity contribution in [3.8, 4) is 0 Å². The summed E-state index contributed by atoms with van der Waals surface area (Å²) in [6.07, 6.45) is 0. The van der Waals surface area contributed by atoms with Crippen molar-refractivity contribution in [3.05, 3.63) is 40.2 Å². The fourth-order valence-electron chi connectivity index (χ4n) is 1.61. The summed E-state index contributed by atoms with van der Waals surface area (Å²) in [5.74, 6) is -0.560. The molecular formula is C12H12N2O3. The number of nitrogens with two attached hydrogens (primary N) is 1. The number of anilines is 1. The second-order valence-electron chi connectivity index (χ2n) is 3.54. The Morgan fingerprint density at radius 1 is 1.47 bits per heavy atom. The molecule has 0 spiro atoms. The second kappa shape index (κ2) is 4.29. The molecule has 0 aliphatic heterocycles. The van der Waals surface area contributed by atoms with Crippen molar-refractivity contribution >= 4 is 22.6 Å². The highest BCUT2D eigenvalue weighted by Gasteiger charge is 2.11. The maximum absolute atomic E-state index is 11.8. The predicted molar refractivity (Wildman–Crippen MR) is 64.9 cm³/mol.